The number of ether oxygens (including phenoxy) is 1. The maximum atomic E-state index is 12.4. The summed E-state index contributed by atoms with van der Waals surface area (Å²) in [4.78, 5) is 12.4. The van der Waals surface area contributed by atoms with Crippen molar-refractivity contribution in [2.45, 2.75) is 20.0 Å². The van der Waals surface area contributed by atoms with E-state index < -0.39 is 0 Å². The van der Waals surface area contributed by atoms with E-state index in [0.29, 0.717) is 17.7 Å². The fourth-order valence-corrected chi connectivity index (χ4v) is 2.10. The van der Waals surface area contributed by atoms with Crippen LogP contribution < -0.4 is 0 Å². The number of rotatable bonds is 6. The van der Waals surface area contributed by atoms with Crippen LogP contribution in [0.25, 0.3) is 0 Å². The molecule has 0 radical (unpaired) electrons. The highest BCUT2D eigenvalue weighted by Gasteiger charge is 2.15. The summed E-state index contributed by atoms with van der Waals surface area (Å²) < 4.78 is 5.63. The summed E-state index contributed by atoms with van der Waals surface area (Å²) in [5, 5.41) is 10.2. The molecule has 0 aliphatic heterocycles. The molecule has 114 valence electrons. The molecule has 2 aromatic rings. The van der Waals surface area contributed by atoms with E-state index in [1.165, 1.54) is 0 Å². The van der Waals surface area contributed by atoms with Gasteiger partial charge in [-0.1, -0.05) is 48.6 Å². The SMILES string of the molecule is C=C(C)COC(C)c1ccc(C(=O)c2ccccc2)c(O)c1. The zero-order valence-corrected chi connectivity index (χ0v) is 12.9. The Labute approximate surface area is 130 Å². The third-order valence-corrected chi connectivity index (χ3v) is 3.35. The number of hydrogen-bond donors (Lipinski definition) is 1. The van der Waals surface area contributed by atoms with Gasteiger partial charge in [0.25, 0.3) is 0 Å². The van der Waals surface area contributed by atoms with E-state index in [2.05, 4.69) is 6.58 Å². The quantitative estimate of drug-likeness (QED) is 0.639. The van der Waals surface area contributed by atoms with E-state index in [9.17, 15) is 9.90 Å². The molecule has 0 aromatic heterocycles. The fraction of sp³-hybridized carbons (Fsp3) is 0.211. The maximum absolute atomic E-state index is 12.4. The molecule has 0 saturated carbocycles. The number of phenols is 1. The number of phenolic OH excluding ortho intramolecular Hbond substituents is 1. The molecule has 2 aromatic carbocycles. The van der Waals surface area contributed by atoms with E-state index in [4.69, 9.17) is 4.74 Å². The second-order valence-corrected chi connectivity index (χ2v) is 5.38. The van der Waals surface area contributed by atoms with Gasteiger partial charge in [-0.2, -0.15) is 0 Å². The summed E-state index contributed by atoms with van der Waals surface area (Å²) in [6.07, 6.45) is -0.177. The highest BCUT2D eigenvalue weighted by molar-refractivity contribution is 6.10. The Balaban J connectivity index is 2.19. The molecular weight excluding hydrogens is 276 g/mol. The lowest BCUT2D eigenvalue weighted by Crippen LogP contribution is -2.05. The average molecular weight is 296 g/mol. The van der Waals surface area contributed by atoms with Gasteiger partial charge in [0.15, 0.2) is 5.78 Å². The van der Waals surface area contributed by atoms with Crippen molar-refractivity contribution in [3.63, 3.8) is 0 Å². The van der Waals surface area contributed by atoms with Crippen LogP contribution in [0.5, 0.6) is 5.75 Å². The van der Waals surface area contributed by atoms with Crippen molar-refractivity contribution in [1.29, 1.82) is 0 Å². The number of carbonyl (C=O) groups is 1. The smallest absolute Gasteiger partial charge is 0.196 e. The minimum atomic E-state index is -0.194. The van der Waals surface area contributed by atoms with Crippen molar-refractivity contribution >= 4 is 5.78 Å². The van der Waals surface area contributed by atoms with Gasteiger partial charge in [0.05, 0.1) is 18.3 Å². The zero-order valence-electron chi connectivity index (χ0n) is 12.9. The molecule has 2 rings (SSSR count). The third kappa shape index (κ3) is 3.83. The van der Waals surface area contributed by atoms with Crippen LogP contribution in [-0.4, -0.2) is 17.5 Å². The summed E-state index contributed by atoms with van der Waals surface area (Å²) in [6.45, 7) is 8.05. The highest BCUT2D eigenvalue weighted by Crippen LogP contribution is 2.26. The van der Waals surface area contributed by atoms with Crippen molar-refractivity contribution in [2.24, 2.45) is 0 Å². The van der Waals surface area contributed by atoms with Crippen molar-refractivity contribution < 1.29 is 14.6 Å². The predicted octanol–water partition coefficient (Wildman–Crippen LogP) is 4.28. The summed E-state index contributed by atoms with van der Waals surface area (Å²) in [5.74, 6) is -0.225. The Hall–Kier alpha value is -2.39. The molecule has 0 bridgehead atoms. The fourth-order valence-electron chi connectivity index (χ4n) is 2.10. The summed E-state index contributed by atoms with van der Waals surface area (Å²) in [6, 6.07) is 13.9. The molecule has 0 heterocycles. The van der Waals surface area contributed by atoms with Crippen molar-refractivity contribution in [3.8, 4) is 5.75 Å². The largest absolute Gasteiger partial charge is 0.507 e. The summed E-state index contributed by atoms with van der Waals surface area (Å²) in [7, 11) is 0. The molecule has 22 heavy (non-hydrogen) atoms. The van der Waals surface area contributed by atoms with Crippen LogP contribution in [0.3, 0.4) is 0 Å². The Morgan fingerprint density at radius 1 is 1.23 bits per heavy atom. The molecule has 0 amide bonds. The van der Waals surface area contributed by atoms with E-state index in [-0.39, 0.29) is 17.6 Å². The van der Waals surface area contributed by atoms with Crippen LogP contribution in [0.1, 0.15) is 41.4 Å². The summed E-state index contributed by atoms with van der Waals surface area (Å²) in [5.41, 5.74) is 2.61. The van der Waals surface area contributed by atoms with Crippen LogP contribution in [0.4, 0.5) is 0 Å². The van der Waals surface area contributed by atoms with E-state index in [1.54, 1.807) is 42.5 Å². The van der Waals surface area contributed by atoms with Gasteiger partial charge in [0.2, 0.25) is 0 Å². The second kappa shape index (κ2) is 7.05. The Morgan fingerprint density at radius 2 is 1.91 bits per heavy atom. The normalized spacial score (nSPS) is 11.9. The first-order valence-electron chi connectivity index (χ1n) is 7.17. The minimum Gasteiger partial charge on any atom is -0.507 e. The molecular formula is C19H20O3. The summed E-state index contributed by atoms with van der Waals surface area (Å²) >= 11 is 0. The third-order valence-electron chi connectivity index (χ3n) is 3.35. The monoisotopic (exact) mass is 296 g/mol. The Morgan fingerprint density at radius 3 is 2.50 bits per heavy atom. The lowest BCUT2D eigenvalue weighted by atomic mass is 9.99. The predicted molar refractivity (Wildman–Crippen MR) is 87.2 cm³/mol. The van der Waals surface area contributed by atoms with Gasteiger partial charge in [0.1, 0.15) is 5.75 Å². The molecule has 1 N–H and O–H groups in total. The highest BCUT2D eigenvalue weighted by atomic mass is 16.5. The maximum Gasteiger partial charge on any atom is 0.196 e. The van der Waals surface area contributed by atoms with Crippen LogP contribution >= 0.6 is 0 Å². The molecule has 0 fully saturated rings. The van der Waals surface area contributed by atoms with Gasteiger partial charge < -0.3 is 9.84 Å². The number of aromatic hydroxyl groups is 1. The van der Waals surface area contributed by atoms with E-state index >= 15 is 0 Å². The van der Waals surface area contributed by atoms with Crippen LogP contribution in [0.2, 0.25) is 0 Å². The lowest BCUT2D eigenvalue weighted by Gasteiger charge is -2.15. The van der Waals surface area contributed by atoms with Crippen LogP contribution in [0.15, 0.2) is 60.7 Å². The van der Waals surface area contributed by atoms with Crippen molar-refractivity contribution in [2.75, 3.05) is 6.61 Å². The average Bonchev–Trinajstić information content (AvgIpc) is 2.52. The van der Waals surface area contributed by atoms with E-state index in [1.807, 2.05) is 19.9 Å². The van der Waals surface area contributed by atoms with Gasteiger partial charge in [-0.05, 0) is 31.5 Å². The number of benzene rings is 2. The number of ketones is 1. The van der Waals surface area contributed by atoms with Crippen molar-refractivity contribution in [1.82, 2.24) is 0 Å². The molecule has 3 nitrogen and oxygen atoms in total. The molecule has 1 unspecified atom stereocenters. The second-order valence-electron chi connectivity index (χ2n) is 5.38. The molecule has 1 atom stereocenters. The lowest BCUT2D eigenvalue weighted by molar-refractivity contribution is 0.0836. The number of carbonyl (C=O) groups excluding carboxylic acids is 1. The standard InChI is InChI=1S/C19H20O3/c1-13(2)12-22-14(3)16-9-10-17(18(20)11-16)19(21)15-7-5-4-6-8-15/h4-11,14,20H,1,12H2,2-3H3. The van der Waals surface area contributed by atoms with Gasteiger partial charge in [-0.25, -0.2) is 0 Å². The molecule has 0 aliphatic carbocycles. The molecule has 0 saturated heterocycles. The zero-order chi connectivity index (χ0) is 16.1. The first kappa shape index (κ1) is 16.0. The van der Waals surface area contributed by atoms with Crippen LogP contribution in [0, 0.1) is 0 Å². The van der Waals surface area contributed by atoms with E-state index in [0.717, 1.165) is 11.1 Å². The Bertz CT molecular complexity index is 674. The molecule has 0 spiro atoms. The first-order valence-corrected chi connectivity index (χ1v) is 7.17. The van der Waals surface area contributed by atoms with Gasteiger partial charge >= 0.3 is 0 Å². The molecule has 0 aliphatic rings. The van der Waals surface area contributed by atoms with Crippen LogP contribution in [-0.2, 0) is 4.74 Å². The van der Waals surface area contributed by atoms with Gasteiger partial charge in [-0.15, -0.1) is 0 Å². The van der Waals surface area contributed by atoms with Gasteiger partial charge in [-0.3, -0.25) is 4.79 Å². The van der Waals surface area contributed by atoms with Gasteiger partial charge in [0, 0.05) is 5.56 Å². The molecule has 3 heteroatoms. The Kier molecular flexibility index (Phi) is 5.12. The van der Waals surface area contributed by atoms with Crippen molar-refractivity contribution in [3.05, 3.63) is 77.4 Å². The first-order chi connectivity index (χ1) is 10.5. The topological polar surface area (TPSA) is 46.5 Å². The minimum absolute atomic E-state index is 0.0304. The number of hydrogen-bond acceptors (Lipinski definition) is 3.